The number of fused-ring (bicyclic) bond motifs is 1. The lowest BCUT2D eigenvalue weighted by Gasteiger charge is -2.30. The standard InChI is InChI=1S/C19H20N4O3/c1-12-20-17(26-22-12)13-7-9-23(10-8-13)19(24)16-11-14-5-3-4-6-15(14)18(21-16)25-2/h3-6,11,13H,7-10H2,1-2H3. The van der Waals surface area contributed by atoms with Gasteiger partial charge in [-0.1, -0.05) is 23.4 Å². The molecule has 3 aromatic rings. The van der Waals surface area contributed by atoms with Crippen molar-refractivity contribution in [2.45, 2.75) is 25.7 Å². The van der Waals surface area contributed by atoms with Gasteiger partial charge in [0.25, 0.3) is 5.91 Å². The second-order valence-electron chi connectivity index (χ2n) is 6.48. The number of hydrogen-bond donors (Lipinski definition) is 0. The number of nitrogens with zero attached hydrogens (tertiary/aromatic N) is 4. The maximum Gasteiger partial charge on any atom is 0.272 e. The molecule has 0 aliphatic carbocycles. The van der Waals surface area contributed by atoms with E-state index in [1.165, 1.54) is 0 Å². The fraction of sp³-hybridized carbons (Fsp3) is 0.368. The van der Waals surface area contributed by atoms with Crippen LogP contribution in [0.4, 0.5) is 0 Å². The van der Waals surface area contributed by atoms with Gasteiger partial charge in [0.1, 0.15) is 5.69 Å². The summed E-state index contributed by atoms with van der Waals surface area (Å²) in [7, 11) is 1.57. The summed E-state index contributed by atoms with van der Waals surface area (Å²) in [6.45, 7) is 3.09. The molecule has 7 heteroatoms. The third-order valence-electron chi connectivity index (χ3n) is 4.79. The third kappa shape index (κ3) is 3.00. The zero-order chi connectivity index (χ0) is 18.1. The molecule has 0 atom stereocenters. The van der Waals surface area contributed by atoms with Gasteiger partial charge in [-0.2, -0.15) is 4.98 Å². The van der Waals surface area contributed by atoms with Crippen LogP contribution in [0.15, 0.2) is 34.9 Å². The number of methoxy groups -OCH3 is 1. The average molecular weight is 352 g/mol. The van der Waals surface area contributed by atoms with E-state index in [2.05, 4.69) is 15.1 Å². The van der Waals surface area contributed by atoms with Crippen molar-refractivity contribution in [2.24, 2.45) is 0 Å². The number of benzene rings is 1. The summed E-state index contributed by atoms with van der Waals surface area (Å²) >= 11 is 0. The molecule has 0 spiro atoms. The highest BCUT2D eigenvalue weighted by molar-refractivity contribution is 5.98. The van der Waals surface area contributed by atoms with E-state index in [9.17, 15) is 4.79 Å². The molecule has 1 aromatic carbocycles. The van der Waals surface area contributed by atoms with E-state index in [0.717, 1.165) is 23.6 Å². The van der Waals surface area contributed by atoms with Crippen LogP contribution in [-0.2, 0) is 0 Å². The Morgan fingerprint density at radius 1 is 1.23 bits per heavy atom. The third-order valence-corrected chi connectivity index (χ3v) is 4.79. The summed E-state index contributed by atoms with van der Waals surface area (Å²) in [5.41, 5.74) is 0.410. The molecule has 1 aliphatic rings. The molecule has 1 amide bonds. The number of piperidine rings is 1. The Balaban J connectivity index is 1.52. The van der Waals surface area contributed by atoms with Crippen LogP contribution in [0.3, 0.4) is 0 Å². The summed E-state index contributed by atoms with van der Waals surface area (Å²) in [6.07, 6.45) is 1.61. The van der Waals surface area contributed by atoms with Gasteiger partial charge in [-0.25, -0.2) is 4.98 Å². The number of carbonyl (C=O) groups is 1. The first-order valence-corrected chi connectivity index (χ1v) is 8.69. The molecule has 1 aliphatic heterocycles. The molecule has 0 radical (unpaired) electrons. The van der Waals surface area contributed by atoms with Gasteiger partial charge in [0.2, 0.25) is 11.8 Å². The molecule has 0 N–H and O–H groups in total. The van der Waals surface area contributed by atoms with Crippen molar-refractivity contribution in [1.29, 1.82) is 0 Å². The number of hydrogen-bond acceptors (Lipinski definition) is 6. The zero-order valence-corrected chi connectivity index (χ0v) is 14.8. The molecule has 134 valence electrons. The van der Waals surface area contributed by atoms with Gasteiger partial charge in [0.15, 0.2) is 5.82 Å². The van der Waals surface area contributed by atoms with E-state index in [1.54, 1.807) is 7.11 Å². The molecular weight excluding hydrogens is 332 g/mol. The lowest BCUT2D eigenvalue weighted by Crippen LogP contribution is -2.38. The van der Waals surface area contributed by atoms with Gasteiger partial charge in [-0.15, -0.1) is 0 Å². The van der Waals surface area contributed by atoms with Gasteiger partial charge in [0, 0.05) is 24.4 Å². The smallest absolute Gasteiger partial charge is 0.272 e. The highest BCUT2D eigenvalue weighted by Gasteiger charge is 2.28. The van der Waals surface area contributed by atoms with Crippen LogP contribution in [0.5, 0.6) is 5.88 Å². The predicted octanol–water partition coefficient (Wildman–Crippen LogP) is 2.95. The summed E-state index contributed by atoms with van der Waals surface area (Å²) in [6, 6.07) is 9.59. The Morgan fingerprint density at radius 3 is 2.69 bits per heavy atom. The molecule has 7 nitrogen and oxygen atoms in total. The molecule has 0 bridgehead atoms. The van der Waals surface area contributed by atoms with Crippen molar-refractivity contribution in [1.82, 2.24) is 20.0 Å². The molecule has 0 saturated carbocycles. The largest absolute Gasteiger partial charge is 0.481 e. The highest BCUT2D eigenvalue weighted by Crippen LogP contribution is 2.29. The molecule has 1 saturated heterocycles. The monoisotopic (exact) mass is 352 g/mol. The van der Waals surface area contributed by atoms with Gasteiger partial charge in [-0.3, -0.25) is 4.79 Å². The fourth-order valence-corrected chi connectivity index (χ4v) is 3.40. The van der Waals surface area contributed by atoms with Crippen molar-refractivity contribution in [3.8, 4) is 5.88 Å². The summed E-state index contributed by atoms with van der Waals surface area (Å²) in [4.78, 5) is 23.5. The number of pyridine rings is 1. The minimum Gasteiger partial charge on any atom is -0.481 e. The van der Waals surface area contributed by atoms with Gasteiger partial charge in [-0.05, 0) is 37.3 Å². The Hall–Kier alpha value is -2.96. The van der Waals surface area contributed by atoms with Crippen LogP contribution < -0.4 is 4.74 Å². The number of carbonyl (C=O) groups excluding carboxylic acids is 1. The van der Waals surface area contributed by atoms with E-state index in [-0.39, 0.29) is 11.8 Å². The van der Waals surface area contributed by atoms with Crippen LogP contribution in [0.2, 0.25) is 0 Å². The van der Waals surface area contributed by atoms with Crippen LogP contribution in [0.1, 0.15) is 41.0 Å². The minimum absolute atomic E-state index is 0.0748. The molecule has 0 unspecified atom stereocenters. The highest BCUT2D eigenvalue weighted by atomic mass is 16.5. The second kappa shape index (κ2) is 6.74. The number of amides is 1. The van der Waals surface area contributed by atoms with E-state index >= 15 is 0 Å². The first-order valence-electron chi connectivity index (χ1n) is 8.69. The van der Waals surface area contributed by atoms with Crippen molar-refractivity contribution in [3.63, 3.8) is 0 Å². The molecule has 26 heavy (non-hydrogen) atoms. The van der Waals surface area contributed by atoms with Crippen molar-refractivity contribution < 1.29 is 14.1 Å². The molecular formula is C19H20N4O3. The maximum absolute atomic E-state index is 12.9. The summed E-state index contributed by atoms with van der Waals surface area (Å²) in [5.74, 6) is 1.92. The lowest BCUT2D eigenvalue weighted by atomic mass is 9.96. The van der Waals surface area contributed by atoms with Gasteiger partial charge >= 0.3 is 0 Å². The number of aromatic nitrogens is 3. The Labute approximate surface area is 151 Å². The molecule has 4 rings (SSSR count). The number of aryl methyl sites for hydroxylation is 1. The van der Waals surface area contributed by atoms with Crippen molar-refractivity contribution in [3.05, 3.63) is 47.7 Å². The van der Waals surface area contributed by atoms with E-state index in [4.69, 9.17) is 9.26 Å². The van der Waals surface area contributed by atoms with Gasteiger partial charge in [0.05, 0.1) is 7.11 Å². The predicted molar refractivity (Wildman–Crippen MR) is 95.2 cm³/mol. The second-order valence-corrected chi connectivity index (χ2v) is 6.48. The van der Waals surface area contributed by atoms with E-state index in [0.29, 0.717) is 36.4 Å². The SMILES string of the molecule is COc1nc(C(=O)N2CCC(c3nc(C)no3)CC2)cc2ccccc12. The summed E-state index contributed by atoms with van der Waals surface area (Å²) < 4.78 is 10.6. The Kier molecular flexibility index (Phi) is 4.28. The van der Waals surface area contributed by atoms with Crippen LogP contribution in [-0.4, -0.2) is 46.1 Å². The molecule has 3 heterocycles. The van der Waals surface area contributed by atoms with Gasteiger partial charge < -0.3 is 14.2 Å². The first-order chi connectivity index (χ1) is 12.7. The minimum atomic E-state index is -0.0748. The zero-order valence-electron chi connectivity index (χ0n) is 14.8. The Bertz CT molecular complexity index is 945. The van der Waals surface area contributed by atoms with E-state index in [1.807, 2.05) is 42.2 Å². The molecule has 1 fully saturated rings. The first kappa shape index (κ1) is 16.5. The number of ether oxygens (including phenoxy) is 1. The number of rotatable bonds is 3. The fourth-order valence-electron chi connectivity index (χ4n) is 3.40. The van der Waals surface area contributed by atoms with Crippen molar-refractivity contribution in [2.75, 3.05) is 20.2 Å². The van der Waals surface area contributed by atoms with Crippen LogP contribution in [0.25, 0.3) is 10.8 Å². The maximum atomic E-state index is 12.9. The van der Waals surface area contributed by atoms with Crippen LogP contribution in [0, 0.1) is 6.92 Å². The Morgan fingerprint density at radius 2 is 2.00 bits per heavy atom. The quantitative estimate of drug-likeness (QED) is 0.721. The number of likely N-dealkylation sites (tertiary alicyclic amines) is 1. The van der Waals surface area contributed by atoms with Crippen molar-refractivity contribution >= 4 is 16.7 Å². The van der Waals surface area contributed by atoms with E-state index < -0.39 is 0 Å². The average Bonchev–Trinajstić information content (AvgIpc) is 3.13. The normalized spacial score (nSPS) is 15.4. The summed E-state index contributed by atoms with van der Waals surface area (Å²) in [5, 5.41) is 5.69. The van der Waals surface area contributed by atoms with Crippen LogP contribution >= 0.6 is 0 Å². The topological polar surface area (TPSA) is 81.4 Å². The molecule has 2 aromatic heterocycles. The lowest BCUT2D eigenvalue weighted by molar-refractivity contribution is 0.0698.